The highest BCUT2D eigenvalue weighted by atomic mass is 15.3. The predicted molar refractivity (Wildman–Crippen MR) is 76.2 cm³/mol. The first-order valence-corrected chi connectivity index (χ1v) is 6.11. The first-order valence-electron chi connectivity index (χ1n) is 6.11. The summed E-state index contributed by atoms with van der Waals surface area (Å²) in [6.07, 6.45) is 1.81. The minimum atomic E-state index is 0.674. The van der Waals surface area contributed by atoms with Gasteiger partial charge in [0, 0.05) is 31.2 Å². The Hall–Kier alpha value is -2.43. The van der Waals surface area contributed by atoms with E-state index >= 15 is 0 Å². The number of anilines is 1. The summed E-state index contributed by atoms with van der Waals surface area (Å²) in [7, 11) is 3.84. The molecular formula is C14H15N5. The van der Waals surface area contributed by atoms with Crippen LogP contribution in [0.4, 0.5) is 5.95 Å². The Kier molecular flexibility index (Phi) is 2.67. The summed E-state index contributed by atoms with van der Waals surface area (Å²) < 4.78 is 0. The van der Waals surface area contributed by atoms with Gasteiger partial charge in [0.1, 0.15) is 0 Å². The van der Waals surface area contributed by atoms with E-state index in [-0.39, 0.29) is 0 Å². The van der Waals surface area contributed by atoms with Crippen LogP contribution in [0, 0.1) is 6.92 Å². The lowest BCUT2D eigenvalue weighted by Gasteiger charge is -2.06. The second-order valence-corrected chi connectivity index (χ2v) is 4.71. The summed E-state index contributed by atoms with van der Waals surface area (Å²) in [5.41, 5.74) is 3.18. The lowest BCUT2D eigenvalue weighted by Crippen LogP contribution is -2.10. The Morgan fingerprint density at radius 3 is 2.74 bits per heavy atom. The topological polar surface area (TPSA) is 57.7 Å². The van der Waals surface area contributed by atoms with Crippen LogP contribution in [0.15, 0.2) is 30.5 Å². The molecule has 0 aliphatic heterocycles. The maximum Gasteiger partial charge on any atom is 0.244 e. The van der Waals surface area contributed by atoms with E-state index in [2.05, 4.69) is 45.3 Å². The van der Waals surface area contributed by atoms with Crippen molar-refractivity contribution < 1.29 is 0 Å². The Balaban J connectivity index is 2.22. The van der Waals surface area contributed by atoms with Gasteiger partial charge in [-0.2, -0.15) is 4.98 Å². The zero-order chi connectivity index (χ0) is 13.4. The molecule has 19 heavy (non-hydrogen) atoms. The molecule has 1 aromatic carbocycles. The number of fused-ring (bicyclic) bond motifs is 1. The number of aromatic amines is 1. The molecule has 96 valence electrons. The van der Waals surface area contributed by atoms with Crippen molar-refractivity contribution in [3.05, 3.63) is 36.0 Å². The number of nitrogens with one attached hydrogen (secondary N) is 1. The summed E-state index contributed by atoms with van der Waals surface area (Å²) in [6.45, 7) is 2.06. The predicted octanol–water partition coefficient (Wildman–Crippen LogP) is 2.39. The summed E-state index contributed by atoms with van der Waals surface area (Å²) in [6, 6.07) is 8.11. The molecule has 0 radical (unpaired) electrons. The van der Waals surface area contributed by atoms with Crippen molar-refractivity contribution in [1.82, 2.24) is 20.2 Å². The van der Waals surface area contributed by atoms with E-state index in [4.69, 9.17) is 0 Å². The average Bonchev–Trinajstić information content (AvgIpc) is 2.89. The summed E-state index contributed by atoms with van der Waals surface area (Å²) >= 11 is 0. The van der Waals surface area contributed by atoms with Crippen LogP contribution in [-0.4, -0.2) is 34.3 Å². The third-order valence-electron chi connectivity index (χ3n) is 3.10. The van der Waals surface area contributed by atoms with Gasteiger partial charge in [0.05, 0.1) is 5.52 Å². The van der Waals surface area contributed by atoms with Crippen molar-refractivity contribution in [1.29, 1.82) is 0 Å². The molecule has 0 amide bonds. The number of pyridine rings is 1. The number of aromatic nitrogens is 4. The number of aryl methyl sites for hydroxylation is 1. The van der Waals surface area contributed by atoms with Crippen molar-refractivity contribution in [3.63, 3.8) is 0 Å². The third kappa shape index (κ3) is 1.93. The maximum absolute atomic E-state index is 4.49. The van der Waals surface area contributed by atoms with Crippen LogP contribution in [-0.2, 0) is 0 Å². The third-order valence-corrected chi connectivity index (χ3v) is 3.10. The molecule has 0 aliphatic carbocycles. The maximum atomic E-state index is 4.49. The second-order valence-electron chi connectivity index (χ2n) is 4.71. The number of H-pyrrole nitrogens is 1. The monoisotopic (exact) mass is 253 g/mol. The normalized spacial score (nSPS) is 10.9. The minimum Gasteiger partial charge on any atom is -0.346 e. The lowest BCUT2D eigenvalue weighted by molar-refractivity contribution is 0.999. The number of rotatable bonds is 2. The molecule has 0 saturated heterocycles. The van der Waals surface area contributed by atoms with Crippen LogP contribution in [0.5, 0.6) is 0 Å². The summed E-state index contributed by atoms with van der Waals surface area (Å²) in [5.74, 6) is 1.44. The number of benzene rings is 1. The fourth-order valence-electron chi connectivity index (χ4n) is 2.09. The molecule has 2 aromatic heterocycles. The van der Waals surface area contributed by atoms with E-state index in [1.165, 1.54) is 0 Å². The molecule has 1 N–H and O–H groups in total. The Labute approximate surface area is 111 Å². The highest BCUT2D eigenvalue weighted by molar-refractivity contribution is 5.94. The molecule has 0 aliphatic rings. The Morgan fingerprint density at radius 2 is 2.00 bits per heavy atom. The molecule has 0 atom stereocenters. The van der Waals surface area contributed by atoms with Gasteiger partial charge in [0.2, 0.25) is 5.95 Å². The molecule has 5 heteroatoms. The van der Waals surface area contributed by atoms with Crippen LogP contribution in [0.2, 0.25) is 0 Å². The van der Waals surface area contributed by atoms with E-state index in [1.54, 1.807) is 0 Å². The zero-order valence-corrected chi connectivity index (χ0v) is 11.2. The number of hydrogen-bond acceptors (Lipinski definition) is 4. The number of hydrogen-bond donors (Lipinski definition) is 1. The van der Waals surface area contributed by atoms with Gasteiger partial charge in [-0.25, -0.2) is 0 Å². The van der Waals surface area contributed by atoms with Crippen LogP contribution >= 0.6 is 0 Å². The zero-order valence-electron chi connectivity index (χ0n) is 11.2. The van der Waals surface area contributed by atoms with Crippen molar-refractivity contribution in [3.8, 4) is 11.4 Å². The van der Waals surface area contributed by atoms with Gasteiger partial charge in [-0.15, -0.1) is 5.10 Å². The van der Waals surface area contributed by atoms with Crippen molar-refractivity contribution in [2.75, 3.05) is 19.0 Å². The van der Waals surface area contributed by atoms with E-state index in [9.17, 15) is 0 Å². The summed E-state index contributed by atoms with van der Waals surface area (Å²) in [5, 5.41) is 8.26. The SMILES string of the molecule is Cc1ccc(-c2nc(N(C)C)n[nH]2)c2cccnc12. The first kappa shape index (κ1) is 11.6. The van der Waals surface area contributed by atoms with E-state index in [0.29, 0.717) is 5.95 Å². The minimum absolute atomic E-state index is 0.674. The standard InChI is InChI=1S/C14H15N5/c1-9-6-7-11(10-5-4-8-15-12(9)10)13-16-14(18-17-13)19(2)3/h4-8H,1-3H3,(H,16,17,18). The lowest BCUT2D eigenvalue weighted by atomic mass is 10.0. The van der Waals surface area contributed by atoms with Crippen molar-refractivity contribution in [2.24, 2.45) is 0 Å². The van der Waals surface area contributed by atoms with E-state index in [0.717, 1.165) is 27.9 Å². The van der Waals surface area contributed by atoms with E-state index < -0.39 is 0 Å². The highest BCUT2D eigenvalue weighted by Gasteiger charge is 2.11. The first-order chi connectivity index (χ1) is 9.16. The molecule has 0 fully saturated rings. The molecule has 5 nitrogen and oxygen atoms in total. The van der Waals surface area contributed by atoms with Gasteiger partial charge in [-0.3, -0.25) is 10.1 Å². The number of nitrogens with zero attached hydrogens (tertiary/aromatic N) is 4. The molecule has 0 unspecified atom stereocenters. The second kappa shape index (κ2) is 4.35. The van der Waals surface area contributed by atoms with Gasteiger partial charge < -0.3 is 4.90 Å². The van der Waals surface area contributed by atoms with Crippen LogP contribution in [0.3, 0.4) is 0 Å². The molecule has 2 heterocycles. The molecule has 0 bridgehead atoms. The largest absolute Gasteiger partial charge is 0.346 e. The van der Waals surface area contributed by atoms with Crippen molar-refractivity contribution >= 4 is 16.9 Å². The van der Waals surface area contributed by atoms with Crippen LogP contribution < -0.4 is 4.90 Å². The van der Waals surface area contributed by atoms with Crippen molar-refractivity contribution in [2.45, 2.75) is 6.92 Å². The molecule has 3 rings (SSSR count). The smallest absolute Gasteiger partial charge is 0.244 e. The average molecular weight is 253 g/mol. The summed E-state index contributed by atoms with van der Waals surface area (Å²) in [4.78, 5) is 10.8. The Morgan fingerprint density at radius 1 is 1.16 bits per heavy atom. The van der Waals surface area contributed by atoms with Crippen LogP contribution in [0.1, 0.15) is 5.56 Å². The molecule has 0 saturated carbocycles. The quantitative estimate of drug-likeness (QED) is 0.762. The Bertz CT molecular complexity index is 730. The van der Waals surface area contributed by atoms with Gasteiger partial charge in [0.25, 0.3) is 0 Å². The fourth-order valence-corrected chi connectivity index (χ4v) is 2.09. The van der Waals surface area contributed by atoms with Gasteiger partial charge in [0.15, 0.2) is 5.82 Å². The van der Waals surface area contributed by atoms with Gasteiger partial charge in [-0.05, 0) is 18.6 Å². The van der Waals surface area contributed by atoms with E-state index in [1.807, 2.05) is 31.3 Å². The highest BCUT2D eigenvalue weighted by Crippen LogP contribution is 2.27. The van der Waals surface area contributed by atoms with Gasteiger partial charge in [-0.1, -0.05) is 18.2 Å². The molecular weight excluding hydrogens is 238 g/mol. The fraction of sp³-hybridized carbons (Fsp3) is 0.214. The van der Waals surface area contributed by atoms with Crippen LogP contribution in [0.25, 0.3) is 22.3 Å². The molecule has 3 aromatic rings. The molecule has 0 spiro atoms. The van der Waals surface area contributed by atoms with Gasteiger partial charge >= 0.3 is 0 Å².